The first kappa shape index (κ1) is 15.5. The van der Waals surface area contributed by atoms with Crippen molar-refractivity contribution in [1.29, 1.82) is 0 Å². The minimum absolute atomic E-state index is 0.493. The van der Waals surface area contributed by atoms with Gasteiger partial charge in [0, 0.05) is 4.88 Å². The van der Waals surface area contributed by atoms with Gasteiger partial charge in [0.1, 0.15) is 4.88 Å². The quantitative estimate of drug-likeness (QED) is 0.829. The molecule has 3 N–H and O–H groups in total. The number of carbonyl (C=O) groups excluding carboxylic acids is 3. The van der Waals surface area contributed by atoms with E-state index in [1.165, 1.54) is 28.7 Å². The smallest absolute Gasteiger partial charge is 0.349 e. The van der Waals surface area contributed by atoms with Crippen LogP contribution in [-0.2, 0) is 22.4 Å². The minimum Gasteiger partial charge on any atom is -0.448 e. The van der Waals surface area contributed by atoms with Crippen molar-refractivity contribution < 1.29 is 19.1 Å². The first-order chi connectivity index (χ1) is 9.86. The monoisotopic (exact) mass is 310 g/mol. The summed E-state index contributed by atoms with van der Waals surface area (Å²) in [5, 5.41) is 1.88. The Labute approximate surface area is 126 Å². The van der Waals surface area contributed by atoms with Gasteiger partial charge in [0.25, 0.3) is 5.91 Å². The van der Waals surface area contributed by atoms with Gasteiger partial charge in [-0.25, -0.2) is 9.59 Å². The highest BCUT2D eigenvalue weighted by Gasteiger charge is 2.24. The molecule has 0 fully saturated rings. The molecule has 1 aromatic rings. The molecular weight excluding hydrogens is 292 g/mol. The molecule has 21 heavy (non-hydrogen) atoms. The molecule has 0 saturated carbocycles. The van der Waals surface area contributed by atoms with Crippen LogP contribution in [0.2, 0.25) is 0 Å². The molecule has 1 aliphatic rings. The second-order valence-corrected chi connectivity index (χ2v) is 6.44. The Hall–Kier alpha value is -1.89. The third kappa shape index (κ3) is 3.81. The number of carbonyl (C=O) groups is 3. The van der Waals surface area contributed by atoms with Crippen molar-refractivity contribution in [3.05, 3.63) is 21.4 Å². The van der Waals surface area contributed by atoms with Crippen molar-refractivity contribution in [3.8, 4) is 0 Å². The van der Waals surface area contributed by atoms with Crippen LogP contribution in [0.1, 0.15) is 40.4 Å². The molecule has 1 aromatic heterocycles. The molecule has 114 valence electrons. The molecule has 6 nitrogen and oxygen atoms in total. The van der Waals surface area contributed by atoms with E-state index in [9.17, 15) is 14.4 Å². The van der Waals surface area contributed by atoms with Crippen LogP contribution in [-0.4, -0.2) is 24.0 Å². The number of aryl methyl sites for hydroxylation is 1. The Bertz CT molecular complexity index is 582. The predicted molar refractivity (Wildman–Crippen MR) is 78.1 cm³/mol. The molecule has 1 heterocycles. The first-order valence-electron chi connectivity index (χ1n) is 6.79. The lowest BCUT2D eigenvalue weighted by molar-refractivity contribution is -0.127. The van der Waals surface area contributed by atoms with E-state index in [-0.39, 0.29) is 0 Å². The summed E-state index contributed by atoms with van der Waals surface area (Å²) in [7, 11) is 0. The average Bonchev–Trinajstić information content (AvgIpc) is 2.80. The molecule has 0 unspecified atom stereocenters. The van der Waals surface area contributed by atoms with Crippen LogP contribution >= 0.6 is 11.3 Å². The van der Waals surface area contributed by atoms with Gasteiger partial charge < -0.3 is 10.5 Å². The summed E-state index contributed by atoms with van der Waals surface area (Å²) in [6.07, 6.45) is 2.01. The molecule has 0 spiro atoms. The highest BCUT2D eigenvalue weighted by atomic mass is 32.1. The van der Waals surface area contributed by atoms with E-state index in [2.05, 4.69) is 6.92 Å². The fourth-order valence-corrected chi connectivity index (χ4v) is 3.39. The highest BCUT2D eigenvalue weighted by molar-refractivity contribution is 7.14. The highest BCUT2D eigenvalue weighted by Crippen LogP contribution is 2.32. The maximum atomic E-state index is 12.0. The van der Waals surface area contributed by atoms with Crippen molar-refractivity contribution >= 4 is 29.2 Å². The molecule has 7 heteroatoms. The number of hydrogen-bond acceptors (Lipinski definition) is 5. The lowest BCUT2D eigenvalue weighted by atomic mass is 9.90. The Balaban J connectivity index is 2.01. The third-order valence-corrected chi connectivity index (χ3v) is 4.65. The van der Waals surface area contributed by atoms with Crippen LogP contribution in [0.15, 0.2) is 6.07 Å². The van der Waals surface area contributed by atoms with Gasteiger partial charge in [-0.3, -0.25) is 10.1 Å². The standard InChI is InChI=1S/C14H18N2O4S/c1-7-3-4-10-9(5-7)6-11(21-10)13(18)20-8(2)12(17)16-14(15)19/h6-8H,3-5H2,1-2H3,(H3,15,16,17,19)/t7-,8-/m0/s1. The zero-order valence-corrected chi connectivity index (χ0v) is 12.8. The Kier molecular flexibility index (Phi) is 4.62. The zero-order valence-electron chi connectivity index (χ0n) is 12.0. The Morgan fingerprint density at radius 1 is 1.48 bits per heavy atom. The van der Waals surface area contributed by atoms with E-state index in [0.29, 0.717) is 10.8 Å². The molecular formula is C14H18N2O4S. The second kappa shape index (κ2) is 6.26. The third-order valence-electron chi connectivity index (χ3n) is 3.43. The van der Waals surface area contributed by atoms with Gasteiger partial charge in [-0.2, -0.15) is 0 Å². The van der Waals surface area contributed by atoms with Crippen LogP contribution in [0.25, 0.3) is 0 Å². The topological polar surface area (TPSA) is 98.5 Å². The summed E-state index contributed by atoms with van der Waals surface area (Å²) < 4.78 is 5.06. The number of rotatable bonds is 3. The van der Waals surface area contributed by atoms with Gasteiger partial charge in [0.05, 0.1) is 0 Å². The number of hydrogen-bond donors (Lipinski definition) is 2. The van der Waals surface area contributed by atoms with Crippen molar-refractivity contribution in [1.82, 2.24) is 5.32 Å². The molecule has 2 atom stereocenters. The number of fused-ring (bicyclic) bond motifs is 1. The molecule has 0 aromatic carbocycles. The van der Waals surface area contributed by atoms with E-state index in [1.54, 1.807) is 0 Å². The number of thiophene rings is 1. The van der Waals surface area contributed by atoms with Gasteiger partial charge in [0.15, 0.2) is 6.10 Å². The predicted octanol–water partition coefficient (Wildman–Crippen LogP) is 1.61. The molecule has 3 amide bonds. The minimum atomic E-state index is -1.07. The van der Waals surface area contributed by atoms with Gasteiger partial charge in [-0.1, -0.05) is 6.92 Å². The fraction of sp³-hybridized carbons (Fsp3) is 0.500. The summed E-state index contributed by atoms with van der Waals surface area (Å²) in [5.74, 6) is -0.656. The zero-order chi connectivity index (χ0) is 15.6. The fourth-order valence-electron chi connectivity index (χ4n) is 2.30. The van der Waals surface area contributed by atoms with Gasteiger partial charge >= 0.3 is 12.0 Å². The van der Waals surface area contributed by atoms with Crippen molar-refractivity contribution in [2.24, 2.45) is 11.7 Å². The van der Waals surface area contributed by atoms with Crippen molar-refractivity contribution in [3.63, 3.8) is 0 Å². The van der Waals surface area contributed by atoms with Crippen LogP contribution in [0.5, 0.6) is 0 Å². The first-order valence-corrected chi connectivity index (χ1v) is 7.61. The number of nitrogens with two attached hydrogens (primary N) is 1. The molecule has 0 aliphatic heterocycles. The SMILES string of the molecule is C[C@H]1CCc2sc(C(=O)O[C@@H](C)C(=O)NC(N)=O)cc2C1. The molecule has 2 rings (SSSR count). The van der Waals surface area contributed by atoms with E-state index < -0.39 is 24.0 Å². The normalized spacial score (nSPS) is 18.5. The number of ether oxygens (including phenoxy) is 1. The van der Waals surface area contributed by atoms with Gasteiger partial charge in [-0.15, -0.1) is 11.3 Å². The number of nitrogens with one attached hydrogen (secondary N) is 1. The van der Waals surface area contributed by atoms with Crippen molar-refractivity contribution in [2.75, 3.05) is 0 Å². The van der Waals surface area contributed by atoms with E-state index in [4.69, 9.17) is 10.5 Å². The lowest BCUT2D eigenvalue weighted by Gasteiger charge is -2.16. The summed E-state index contributed by atoms with van der Waals surface area (Å²) in [5.41, 5.74) is 6.04. The Morgan fingerprint density at radius 2 is 2.19 bits per heavy atom. The Morgan fingerprint density at radius 3 is 2.86 bits per heavy atom. The number of urea groups is 1. The van der Waals surface area contributed by atoms with Crippen LogP contribution < -0.4 is 11.1 Å². The van der Waals surface area contributed by atoms with E-state index in [1.807, 2.05) is 11.4 Å². The maximum absolute atomic E-state index is 12.0. The van der Waals surface area contributed by atoms with E-state index in [0.717, 1.165) is 19.3 Å². The molecule has 1 aliphatic carbocycles. The van der Waals surface area contributed by atoms with Gasteiger partial charge in [0.2, 0.25) is 0 Å². The summed E-state index contributed by atoms with van der Waals surface area (Å²) >= 11 is 1.42. The largest absolute Gasteiger partial charge is 0.448 e. The number of imide groups is 1. The molecule has 0 bridgehead atoms. The molecule has 0 saturated heterocycles. The maximum Gasteiger partial charge on any atom is 0.349 e. The van der Waals surface area contributed by atoms with Gasteiger partial charge in [-0.05, 0) is 43.7 Å². The average molecular weight is 310 g/mol. The summed E-state index contributed by atoms with van der Waals surface area (Å²) in [6, 6.07) is 0.875. The molecule has 0 radical (unpaired) electrons. The van der Waals surface area contributed by atoms with Crippen molar-refractivity contribution in [2.45, 2.75) is 39.2 Å². The summed E-state index contributed by atoms with van der Waals surface area (Å²) in [6.45, 7) is 3.58. The van der Waals surface area contributed by atoms with Crippen LogP contribution in [0.4, 0.5) is 4.79 Å². The van der Waals surface area contributed by atoms with E-state index >= 15 is 0 Å². The summed E-state index contributed by atoms with van der Waals surface area (Å²) in [4.78, 5) is 35.8. The van der Waals surface area contributed by atoms with Crippen LogP contribution in [0, 0.1) is 5.92 Å². The van der Waals surface area contributed by atoms with Crippen LogP contribution in [0.3, 0.4) is 0 Å². The second-order valence-electron chi connectivity index (χ2n) is 5.31. The number of primary amides is 1. The number of esters is 1. The lowest BCUT2D eigenvalue weighted by Crippen LogP contribution is -2.42. The number of amides is 3.